The van der Waals surface area contributed by atoms with Crippen LogP contribution in [0.25, 0.3) is 0 Å². The zero-order valence-electron chi connectivity index (χ0n) is 13.7. The second-order valence-electron chi connectivity index (χ2n) is 6.92. The molecule has 0 aromatic carbocycles. The minimum atomic E-state index is -0.0829. The highest BCUT2D eigenvalue weighted by molar-refractivity contribution is 5.79. The maximum absolute atomic E-state index is 12.6. The van der Waals surface area contributed by atoms with E-state index in [1.54, 1.807) is 0 Å². The first-order chi connectivity index (χ1) is 9.75. The van der Waals surface area contributed by atoms with Crippen molar-refractivity contribution in [1.82, 2.24) is 10.5 Å². The Morgan fingerprint density at radius 3 is 2.67 bits per heavy atom. The molecular weight excluding hydrogens is 266 g/mol. The van der Waals surface area contributed by atoms with E-state index in [-0.39, 0.29) is 23.3 Å². The summed E-state index contributed by atoms with van der Waals surface area (Å²) in [5.74, 6) is 1.22. The van der Waals surface area contributed by atoms with Crippen LogP contribution < -0.4 is 11.1 Å². The Kier molecular flexibility index (Phi) is 4.42. The number of hydrogen-bond acceptors (Lipinski definition) is 4. The fraction of sp³-hybridized carbons (Fsp3) is 0.750. The summed E-state index contributed by atoms with van der Waals surface area (Å²) in [7, 11) is 0. The molecule has 1 saturated carbocycles. The highest BCUT2D eigenvalue weighted by Gasteiger charge is 2.44. The molecule has 0 spiro atoms. The molecule has 1 aliphatic carbocycles. The van der Waals surface area contributed by atoms with Gasteiger partial charge in [0.25, 0.3) is 0 Å². The molecule has 1 fully saturated rings. The van der Waals surface area contributed by atoms with Crippen molar-refractivity contribution in [2.75, 3.05) is 0 Å². The molecular formula is C16H27N3O2. The van der Waals surface area contributed by atoms with Gasteiger partial charge in [-0.05, 0) is 38.0 Å². The lowest BCUT2D eigenvalue weighted by molar-refractivity contribution is -0.132. The van der Waals surface area contributed by atoms with Crippen LogP contribution in [0, 0.1) is 31.1 Å². The molecule has 21 heavy (non-hydrogen) atoms. The molecule has 0 radical (unpaired) electrons. The summed E-state index contributed by atoms with van der Waals surface area (Å²) in [6, 6.07) is 0.187. The van der Waals surface area contributed by atoms with E-state index in [0.29, 0.717) is 12.5 Å². The number of nitrogens with zero attached hydrogens (tertiary/aromatic N) is 1. The standard InChI is InChI=1S/C16H27N3O2/c1-9-14(17)7-6-13(16(9,4)5)15(20)18-8-12-10(2)19-21-11(12)3/h9,13-14H,6-8,17H2,1-5H3,(H,18,20). The molecule has 1 heterocycles. The number of amides is 1. The maximum Gasteiger partial charge on any atom is 0.223 e. The SMILES string of the molecule is Cc1noc(C)c1CNC(=O)C1CCC(N)C(C)C1(C)C. The third-order valence-electron chi connectivity index (χ3n) is 5.44. The fourth-order valence-corrected chi connectivity index (χ4v) is 3.37. The summed E-state index contributed by atoms with van der Waals surface area (Å²) >= 11 is 0. The van der Waals surface area contributed by atoms with Crippen LogP contribution in [0.2, 0.25) is 0 Å². The predicted molar refractivity (Wildman–Crippen MR) is 81.5 cm³/mol. The van der Waals surface area contributed by atoms with Crippen molar-refractivity contribution in [3.63, 3.8) is 0 Å². The summed E-state index contributed by atoms with van der Waals surface area (Å²) < 4.78 is 5.13. The second-order valence-corrected chi connectivity index (χ2v) is 6.92. The van der Waals surface area contributed by atoms with E-state index in [0.717, 1.165) is 29.9 Å². The van der Waals surface area contributed by atoms with Gasteiger partial charge in [-0.1, -0.05) is 25.9 Å². The van der Waals surface area contributed by atoms with E-state index >= 15 is 0 Å². The Bertz CT molecular complexity index is 502. The van der Waals surface area contributed by atoms with Crippen LogP contribution >= 0.6 is 0 Å². The largest absolute Gasteiger partial charge is 0.361 e. The van der Waals surface area contributed by atoms with Gasteiger partial charge < -0.3 is 15.6 Å². The predicted octanol–water partition coefficient (Wildman–Crippen LogP) is 2.31. The molecule has 1 aliphatic rings. The number of hydrogen-bond donors (Lipinski definition) is 2. The van der Waals surface area contributed by atoms with Gasteiger partial charge in [-0.2, -0.15) is 0 Å². The van der Waals surface area contributed by atoms with Gasteiger partial charge in [0.1, 0.15) is 5.76 Å². The van der Waals surface area contributed by atoms with Crippen molar-refractivity contribution in [3.05, 3.63) is 17.0 Å². The number of carbonyl (C=O) groups is 1. The summed E-state index contributed by atoms with van der Waals surface area (Å²) in [6.07, 6.45) is 1.76. The zero-order valence-corrected chi connectivity index (χ0v) is 13.7. The van der Waals surface area contributed by atoms with Gasteiger partial charge in [0, 0.05) is 24.1 Å². The van der Waals surface area contributed by atoms with Crippen LogP contribution in [0.3, 0.4) is 0 Å². The Hall–Kier alpha value is -1.36. The smallest absolute Gasteiger partial charge is 0.223 e. The Balaban J connectivity index is 2.03. The van der Waals surface area contributed by atoms with E-state index in [2.05, 4.69) is 31.2 Å². The van der Waals surface area contributed by atoms with E-state index < -0.39 is 0 Å². The van der Waals surface area contributed by atoms with Crippen LogP contribution in [-0.4, -0.2) is 17.1 Å². The highest BCUT2D eigenvalue weighted by Crippen LogP contribution is 2.44. The monoisotopic (exact) mass is 293 g/mol. The minimum absolute atomic E-state index is 0.00720. The Morgan fingerprint density at radius 2 is 2.10 bits per heavy atom. The van der Waals surface area contributed by atoms with Crippen molar-refractivity contribution < 1.29 is 9.32 Å². The lowest BCUT2D eigenvalue weighted by Crippen LogP contribution is -2.51. The number of aromatic nitrogens is 1. The molecule has 1 aromatic heterocycles. The fourth-order valence-electron chi connectivity index (χ4n) is 3.37. The van der Waals surface area contributed by atoms with Crippen molar-refractivity contribution in [1.29, 1.82) is 0 Å². The number of carbonyl (C=O) groups excluding carboxylic acids is 1. The molecule has 5 nitrogen and oxygen atoms in total. The Morgan fingerprint density at radius 1 is 1.43 bits per heavy atom. The molecule has 5 heteroatoms. The van der Waals surface area contributed by atoms with Gasteiger partial charge >= 0.3 is 0 Å². The van der Waals surface area contributed by atoms with E-state index in [9.17, 15) is 4.79 Å². The average Bonchev–Trinajstić information content (AvgIpc) is 2.73. The summed E-state index contributed by atoms with van der Waals surface area (Å²) in [5, 5.41) is 6.96. The third kappa shape index (κ3) is 2.98. The van der Waals surface area contributed by atoms with Crippen molar-refractivity contribution in [2.45, 2.75) is 60.0 Å². The zero-order chi connectivity index (χ0) is 15.8. The lowest BCUT2D eigenvalue weighted by atomic mass is 9.61. The molecule has 1 amide bonds. The third-order valence-corrected chi connectivity index (χ3v) is 5.44. The summed E-state index contributed by atoms with van der Waals surface area (Å²) in [4.78, 5) is 12.6. The molecule has 3 N–H and O–H groups in total. The second kappa shape index (κ2) is 5.79. The molecule has 0 bridgehead atoms. The number of rotatable bonds is 3. The normalized spacial score (nSPS) is 28.4. The Labute approximate surface area is 126 Å². The highest BCUT2D eigenvalue weighted by atomic mass is 16.5. The maximum atomic E-state index is 12.6. The van der Waals surface area contributed by atoms with Gasteiger partial charge in [-0.25, -0.2) is 0 Å². The molecule has 3 atom stereocenters. The van der Waals surface area contributed by atoms with E-state index in [1.165, 1.54) is 0 Å². The van der Waals surface area contributed by atoms with Crippen LogP contribution in [0.15, 0.2) is 4.52 Å². The first-order valence-corrected chi connectivity index (χ1v) is 7.70. The van der Waals surface area contributed by atoms with E-state index in [4.69, 9.17) is 10.3 Å². The van der Waals surface area contributed by atoms with Gasteiger partial charge in [0.2, 0.25) is 5.91 Å². The summed E-state index contributed by atoms with van der Waals surface area (Å²) in [5.41, 5.74) is 7.88. The van der Waals surface area contributed by atoms with Crippen LogP contribution in [0.5, 0.6) is 0 Å². The average molecular weight is 293 g/mol. The first-order valence-electron chi connectivity index (χ1n) is 7.70. The molecule has 0 aliphatic heterocycles. The van der Waals surface area contributed by atoms with Gasteiger partial charge in [0.05, 0.1) is 5.69 Å². The molecule has 0 saturated heterocycles. The molecule has 3 unspecified atom stereocenters. The van der Waals surface area contributed by atoms with Crippen molar-refractivity contribution >= 4 is 5.91 Å². The molecule has 2 rings (SSSR count). The molecule has 1 aromatic rings. The van der Waals surface area contributed by atoms with Crippen LogP contribution in [-0.2, 0) is 11.3 Å². The van der Waals surface area contributed by atoms with Gasteiger partial charge in [-0.3, -0.25) is 4.79 Å². The lowest BCUT2D eigenvalue weighted by Gasteiger charge is -2.46. The summed E-state index contributed by atoms with van der Waals surface area (Å²) in [6.45, 7) is 10.7. The van der Waals surface area contributed by atoms with Crippen molar-refractivity contribution in [2.24, 2.45) is 23.0 Å². The first kappa shape index (κ1) is 16.0. The quantitative estimate of drug-likeness (QED) is 0.896. The number of nitrogens with two attached hydrogens (primary N) is 1. The number of nitrogens with one attached hydrogen (secondary N) is 1. The van der Waals surface area contributed by atoms with E-state index in [1.807, 2.05) is 13.8 Å². The van der Waals surface area contributed by atoms with Crippen molar-refractivity contribution in [3.8, 4) is 0 Å². The number of aryl methyl sites for hydroxylation is 2. The van der Waals surface area contributed by atoms with Gasteiger partial charge in [0.15, 0.2) is 0 Å². The van der Waals surface area contributed by atoms with Crippen LogP contribution in [0.1, 0.15) is 50.6 Å². The van der Waals surface area contributed by atoms with Crippen LogP contribution in [0.4, 0.5) is 0 Å². The minimum Gasteiger partial charge on any atom is -0.361 e. The molecule has 118 valence electrons. The van der Waals surface area contributed by atoms with Gasteiger partial charge in [-0.15, -0.1) is 0 Å². The topological polar surface area (TPSA) is 81.2 Å².